The number of rotatable bonds is 3. The van der Waals surface area contributed by atoms with Crippen molar-refractivity contribution in [3.8, 4) is 16.9 Å². The summed E-state index contributed by atoms with van der Waals surface area (Å²) >= 11 is 0. The molecule has 5 heteroatoms. The number of pyridine rings is 1. The monoisotopic (exact) mass is 385 g/mol. The number of hydrogen-bond acceptors (Lipinski definition) is 4. The van der Waals surface area contributed by atoms with E-state index in [0.717, 1.165) is 17.7 Å². The van der Waals surface area contributed by atoms with Gasteiger partial charge in [0.25, 0.3) is 5.56 Å². The molecule has 5 nitrogen and oxygen atoms in total. The molecule has 144 valence electrons. The summed E-state index contributed by atoms with van der Waals surface area (Å²) in [5.74, 6) is -0.0806. The molecule has 1 N–H and O–H groups in total. The van der Waals surface area contributed by atoms with Crippen molar-refractivity contribution in [3.05, 3.63) is 98.3 Å². The lowest BCUT2D eigenvalue weighted by Gasteiger charge is -2.14. The predicted octanol–water partition coefficient (Wildman–Crippen LogP) is 3.86. The van der Waals surface area contributed by atoms with Crippen LogP contribution in [-0.2, 0) is 19.4 Å². The minimum atomic E-state index is -0.613. The first-order chi connectivity index (χ1) is 14.1. The van der Waals surface area contributed by atoms with Crippen LogP contribution < -0.4 is 11.2 Å². The van der Waals surface area contributed by atoms with Crippen LogP contribution in [-0.4, -0.2) is 9.67 Å². The molecule has 0 aliphatic carbocycles. The zero-order chi connectivity index (χ0) is 20.0. The zero-order valence-corrected chi connectivity index (χ0v) is 15.7. The smallest absolute Gasteiger partial charge is 0.343 e. The molecular weight excluding hydrogens is 366 g/mol. The van der Waals surface area contributed by atoms with Crippen LogP contribution in [0.2, 0.25) is 0 Å². The largest absolute Gasteiger partial charge is 0.507 e. The van der Waals surface area contributed by atoms with Crippen LogP contribution in [0.1, 0.15) is 23.2 Å². The molecule has 4 aromatic rings. The van der Waals surface area contributed by atoms with Crippen LogP contribution >= 0.6 is 0 Å². The molecule has 1 aliphatic heterocycles. The van der Waals surface area contributed by atoms with Crippen molar-refractivity contribution in [2.24, 2.45) is 0 Å². The van der Waals surface area contributed by atoms with E-state index in [1.54, 1.807) is 4.57 Å². The van der Waals surface area contributed by atoms with Crippen molar-refractivity contribution in [1.82, 2.24) is 4.57 Å². The highest BCUT2D eigenvalue weighted by molar-refractivity contribution is 5.97. The lowest BCUT2D eigenvalue weighted by atomic mass is 9.99. The normalized spacial score (nSPS) is 13.0. The Balaban J connectivity index is 1.85. The van der Waals surface area contributed by atoms with Crippen LogP contribution in [0.25, 0.3) is 22.1 Å². The van der Waals surface area contributed by atoms with Gasteiger partial charge >= 0.3 is 5.63 Å². The van der Waals surface area contributed by atoms with Gasteiger partial charge in [0.2, 0.25) is 0 Å². The van der Waals surface area contributed by atoms with Gasteiger partial charge in [0.15, 0.2) is 5.58 Å². The topological polar surface area (TPSA) is 72.4 Å². The summed E-state index contributed by atoms with van der Waals surface area (Å²) in [4.78, 5) is 26.0. The van der Waals surface area contributed by atoms with Gasteiger partial charge in [0.1, 0.15) is 5.75 Å². The van der Waals surface area contributed by atoms with E-state index in [9.17, 15) is 14.7 Å². The third-order valence-corrected chi connectivity index (χ3v) is 5.57. The summed E-state index contributed by atoms with van der Waals surface area (Å²) in [6, 6.07) is 18.6. The maximum atomic E-state index is 13.2. The zero-order valence-electron chi connectivity index (χ0n) is 15.7. The summed E-state index contributed by atoms with van der Waals surface area (Å²) < 4.78 is 7.41. The Hall–Kier alpha value is -3.60. The van der Waals surface area contributed by atoms with Gasteiger partial charge in [-0.2, -0.15) is 0 Å². The van der Waals surface area contributed by atoms with Crippen molar-refractivity contribution in [1.29, 1.82) is 0 Å². The fourth-order valence-electron chi connectivity index (χ4n) is 4.21. The third kappa shape index (κ3) is 2.78. The first kappa shape index (κ1) is 17.5. The molecule has 0 fully saturated rings. The molecule has 2 aromatic heterocycles. The number of nitrogens with zero attached hydrogens (tertiary/aromatic N) is 1. The Bertz CT molecular complexity index is 1340. The van der Waals surface area contributed by atoms with Gasteiger partial charge in [-0.15, -0.1) is 0 Å². The van der Waals surface area contributed by atoms with Crippen LogP contribution in [0, 0.1) is 0 Å². The quantitative estimate of drug-likeness (QED) is 0.581. The summed E-state index contributed by atoms with van der Waals surface area (Å²) in [6.07, 6.45) is 1.74. The van der Waals surface area contributed by atoms with Crippen molar-refractivity contribution in [3.63, 3.8) is 0 Å². The highest BCUT2D eigenvalue weighted by Gasteiger charge is 2.27. The van der Waals surface area contributed by atoms with Crippen molar-refractivity contribution in [2.45, 2.75) is 25.8 Å². The number of fused-ring (bicyclic) bond motifs is 3. The molecule has 1 aliphatic rings. The van der Waals surface area contributed by atoms with E-state index >= 15 is 0 Å². The van der Waals surface area contributed by atoms with Gasteiger partial charge in [-0.3, -0.25) is 4.79 Å². The van der Waals surface area contributed by atoms with E-state index < -0.39 is 5.63 Å². The molecule has 0 saturated heterocycles. The molecule has 0 unspecified atom stereocenters. The molecular formula is C24H19NO4. The molecule has 0 atom stereocenters. The molecule has 5 rings (SSSR count). The van der Waals surface area contributed by atoms with Crippen LogP contribution in [0.3, 0.4) is 0 Å². The van der Waals surface area contributed by atoms with Crippen molar-refractivity contribution in [2.75, 3.05) is 0 Å². The third-order valence-electron chi connectivity index (χ3n) is 5.57. The Morgan fingerprint density at radius 1 is 0.966 bits per heavy atom. The molecule has 2 aromatic carbocycles. The Morgan fingerprint density at radius 3 is 2.38 bits per heavy atom. The van der Waals surface area contributed by atoms with Gasteiger partial charge in [0.05, 0.1) is 16.5 Å². The summed E-state index contributed by atoms with van der Waals surface area (Å²) in [6.45, 7) is 0.594. The molecule has 0 spiro atoms. The number of aryl methyl sites for hydroxylation is 1. The maximum absolute atomic E-state index is 13.2. The first-order valence-corrected chi connectivity index (χ1v) is 9.69. The van der Waals surface area contributed by atoms with E-state index in [1.165, 1.54) is 0 Å². The second-order valence-corrected chi connectivity index (χ2v) is 7.33. The van der Waals surface area contributed by atoms with Gasteiger partial charge in [-0.25, -0.2) is 4.79 Å². The SMILES string of the molecule is O=c1oc2c(-c3ccccc3)c(=O)n3c(c2c(O)c1Cc1ccccc1)CCC3. The fraction of sp³-hybridized carbons (Fsp3) is 0.167. The first-order valence-electron chi connectivity index (χ1n) is 9.69. The summed E-state index contributed by atoms with van der Waals surface area (Å²) in [5.41, 5.74) is 2.23. The Kier molecular flexibility index (Phi) is 4.09. The molecule has 0 saturated carbocycles. The minimum Gasteiger partial charge on any atom is -0.507 e. The van der Waals surface area contributed by atoms with E-state index in [-0.39, 0.29) is 28.9 Å². The highest BCUT2D eigenvalue weighted by atomic mass is 16.4. The fourth-order valence-corrected chi connectivity index (χ4v) is 4.21. The second kappa shape index (κ2) is 6.78. The lowest BCUT2D eigenvalue weighted by Crippen LogP contribution is -2.23. The molecule has 0 amide bonds. The summed E-state index contributed by atoms with van der Waals surface area (Å²) in [7, 11) is 0. The predicted molar refractivity (Wildman–Crippen MR) is 111 cm³/mol. The number of aromatic nitrogens is 1. The van der Waals surface area contributed by atoms with E-state index in [2.05, 4.69) is 0 Å². The molecule has 0 bridgehead atoms. The Labute approximate surface area is 166 Å². The summed E-state index contributed by atoms with van der Waals surface area (Å²) in [5, 5.41) is 11.6. The highest BCUT2D eigenvalue weighted by Crippen LogP contribution is 2.37. The van der Waals surface area contributed by atoms with Crippen molar-refractivity contribution < 1.29 is 9.52 Å². The van der Waals surface area contributed by atoms with E-state index in [1.807, 2.05) is 60.7 Å². The number of benzene rings is 2. The van der Waals surface area contributed by atoms with Gasteiger partial charge in [-0.05, 0) is 24.0 Å². The van der Waals surface area contributed by atoms with E-state index in [0.29, 0.717) is 29.5 Å². The van der Waals surface area contributed by atoms with Gasteiger partial charge in [0, 0.05) is 18.7 Å². The van der Waals surface area contributed by atoms with Crippen LogP contribution in [0.4, 0.5) is 0 Å². The second-order valence-electron chi connectivity index (χ2n) is 7.33. The average molecular weight is 385 g/mol. The molecule has 29 heavy (non-hydrogen) atoms. The number of hydrogen-bond donors (Lipinski definition) is 1. The van der Waals surface area contributed by atoms with Crippen LogP contribution in [0.5, 0.6) is 5.75 Å². The Morgan fingerprint density at radius 2 is 1.66 bits per heavy atom. The van der Waals surface area contributed by atoms with Gasteiger partial charge < -0.3 is 14.1 Å². The molecule has 3 heterocycles. The van der Waals surface area contributed by atoms with Crippen LogP contribution in [0.15, 0.2) is 74.7 Å². The molecule has 0 radical (unpaired) electrons. The maximum Gasteiger partial charge on any atom is 0.343 e. The lowest BCUT2D eigenvalue weighted by molar-refractivity contribution is 0.457. The van der Waals surface area contributed by atoms with Gasteiger partial charge in [-0.1, -0.05) is 60.7 Å². The number of aromatic hydroxyl groups is 1. The van der Waals surface area contributed by atoms with E-state index in [4.69, 9.17) is 4.42 Å². The average Bonchev–Trinajstić information content (AvgIpc) is 3.23. The standard InChI is InChI=1S/C24H19NO4/c26-21-17(14-15-8-3-1-4-9-15)24(28)29-22-19(16-10-5-2-6-11-16)23(27)25-13-7-12-18(25)20(21)22/h1-6,8-11,26H,7,12-14H2. The van der Waals surface area contributed by atoms with Crippen molar-refractivity contribution >= 4 is 11.0 Å². The minimum absolute atomic E-state index is 0.0806.